The van der Waals surface area contributed by atoms with E-state index >= 15 is 0 Å². The molecular formula is C13H20N6O2. The van der Waals surface area contributed by atoms with E-state index in [0.29, 0.717) is 0 Å². The zero-order chi connectivity index (χ0) is 16.4. The van der Waals surface area contributed by atoms with Crippen molar-refractivity contribution < 1.29 is 9.59 Å². The molecule has 0 bridgehead atoms. The van der Waals surface area contributed by atoms with Gasteiger partial charge in [-0.1, -0.05) is 20.8 Å². The quantitative estimate of drug-likeness (QED) is 0.603. The van der Waals surface area contributed by atoms with E-state index in [4.69, 9.17) is 16.6 Å². The van der Waals surface area contributed by atoms with E-state index in [9.17, 15) is 9.59 Å². The highest BCUT2D eigenvalue weighted by molar-refractivity contribution is 6.38. The lowest BCUT2D eigenvalue weighted by Gasteiger charge is -2.19. The number of anilines is 1. The maximum atomic E-state index is 12.1. The van der Waals surface area contributed by atoms with E-state index in [0.717, 1.165) is 0 Å². The van der Waals surface area contributed by atoms with Crippen LogP contribution in [-0.4, -0.2) is 33.0 Å². The minimum absolute atomic E-state index is 0.0254. The van der Waals surface area contributed by atoms with Gasteiger partial charge in [-0.3, -0.25) is 9.59 Å². The third-order valence-electron chi connectivity index (χ3n) is 2.78. The first-order chi connectivity index (χ1) is 9.54. The molecule has 0 unspecified atom stereocenters. The van der Waals surface area contributed by atoms with Gasteiger partial charge in [0, 0.05) is 5.41 Å². The van der Waals surface area contributed by atoms with Crippen LogP contribution in [0.1, 0.15) is 38.1 Å². The third-order valence-corrected chi connectivity index (χ3v) is 2.78. The van der Waals surface area contributed by atoms with Gasteiger partial charge in [-0.25, -0.2) is 4.68 Å². The first-order valence-corrected chi connectivity index (χ1v) is 6.34. The molecule has 21 heavy (non-hydrogen) atoms. The number of aromatic nitrogens is 2. The van der Waals surface area contributed by atoms with Crippen molar-refractivity contribution in [2.75, 3.05) is 5.32 Å². The zero-order valence-corrected chi connectivity index (χ0v) is 12.6. The van der Waals surface area contributed by atoms with Crippen molar-refractivity contribution >= 4 is 29.1 Å². The Morgan fingerprint density at radius 2 is 1.95 bits per heavy atom. The Morgan fingerprint density at radius 3 is 2.38 bits per heavy atom. The fourth-order valence-electron chi connectivity index (χ4n) is 1.38. The van der Waals surface area contributed by atoms with E-state index < -0.39 is 11.3 Å². The molecule has 0 spiro atoms. The molecule has 2 amide bonds. The minimum atomic E-state index is -0.719. The summed E-state index contributed by atoms with van der Waals surface area (Å²) in [6.45, 7) is 6.65. The van der Waals surface area contributed by atoms with Crippen molar-refractivity contribution in [3.05, 3.63) is 11.8 Å². The molecule has 8 nitrogen and oxygen atoms in total. The number of nitrogens with zero attached hydrogens (tertiary/aromatic N) is 2. The van der Waals surface area contributed by atoms with Crippen LogP contribution in [0.3, 0.4) is 0 Å². The van der Waals surface area contributed by atoms with Crippen molar-refractivity contribution in [1.29, 1.82) is 10.8 Å². The van der Waals surface area contributed by atoms with Gasteiger partial charge < -0.3 is 21.9 Å². The number of nitrogens with one attached hydrogen (secondary N) is 3. The summed E-state index contributed by atoms with van der Waals surface area (Å²) in [5.41, 5.74) is 4.79. The third kappa shape index (κ3) is 3.98. The van der Waals surface area contributed by atoms with Crippen molar-refractivity contribution in [3.8, 4) is 0 Å². The molecule has 5 N–H and O–H groups in total. The zero-order valence-electron chi connectivity index (χ0n) is 12.6. The molecule has 1 aromatic heterocycles. The lowest BCUT2D eigenvalue weighted by atomic mass is 9.96. The predicted molar refractivity (Wildman–Crippen MR) is 80.0 cm³/mol. The fourth-order valence-corrected chi connectivity index (χ4v) is 1.38. The largest absolute Gasteiger partial charge is 0.365 e. The van der Waals surface area contributed by atoms with E-state index in [2.05, 4.69) is 10.4 Å². The van der Waals surface area contributed by atoms with Crippen LogP contribution in [0.15, 0.2) is 6.20 Å². The van der Waals surface area contributed by atoms with Gasteiger partial charge >= 0.3 is 0 Å². The van der Waals surface area contributed by atoms with Crippen LogP contribution in [0.4, 0.5) is 5.82 Å². The molecule has 0 aliphatic heterocycles. The maximum absolute atomic E-state index is 12.1. The van der Waals surface area contributed by atoms with E-state index in [1.54, 1.807) is 20.8 Å². The van der Waals surface area contributed by atoms with Crippen molar-refractivity contribution in [2.45, 2.75) is 34.2 Å². The Hall–Kier alpha value is -2.51. The van der Waals surface area contributed by atoms with E-state index in [1.807, 2.05) is 0 Å². The Balaban J connectivity index is 3.17. The highest BCUT2D eigenvalue weighted by Gasteiger charge is 2.25. The molecule has 0 aliphatic carbocycles. The molecule has 8 heteroatoms. The van der Waals surface area contributed by atoms with Crippen LogP contribution in [-0.2, 0) is 11.3 Å². The SMILES string of the molecule is CC(=N)C(=N)Cn1ncc(C(N)=O)c1NC(=O)C(C)(C)C. The van der Waals surface area contributed by atoms with Gasteiger partial charge in [0.2, 0.25) is 5.91 Å². The van der Waals surface area contributed by atoms with Crippen LogP contribution in [0.2, 0.25) is 0 Å². The summed E-state index contributed by atoms with van der Waals surface area (Å²) in [6, 6.07) is 0. The first-order valence-electron chi connectivity index (χ1n) is 6.34. The summed E-state index contributed by atoms with van der Waals surface area (Å²) < 4.78 is 1.28. The maximum Gasteiger partial charge on any atom is 0.254 e. The highest BCUT2D eigenvalue weighted by Crippen LogP contribution is 2.20. The average Bonchev–Trinajstić information content (AvgIpc) is 2.71. The standard InChI is InChI=1S/C13H20N6O2/c1-7(14)9(15)6-19-11(8(5-17-19)10(16)20)18-12(21)13(2,3)4/h5,14-15H,6H2,1-4H3,(H2,16,20)(H,18,21). The van der Waals surface area contributed by atoms with E-state index in [1.165, 1.54) is 17.8 Å². The molecule has 0 fully saturated rings. The summed E-state index contributed by atoms with van der Waals surface area (Å²) >= 11 is 0. The van der Waals surface area contributed by atoms with Gasteiger partial charge in [-0.2, -0.15) is 5.10 Å². The molecule has 1 rings (SSSR count). The van der Waals surface area contributed by atoms with Crippen molar-refractivity contribution in [1.82, 2.24) is 9.78 Å². The summed E-state index contributed by atoms with van der Waals surface area (Å²) in [5.74, 6) is -0.873. The summed E-state index contributed by atoms with van der Waals surface area (Å²) in [7, 11) is 0. The lowest BCUT2D eigenvalue weighted by Crippen LogP contribution is -2.30. The number of primary amides is 1. The van der Waals surface area contributed by atoms with Crippen molar-refractivity contribution in [2.24, 2.45) is 11.1 Å². The molecule has 1 aromatic rings. The van der Waals surface area contributed by atoms with Gasteiger partial charge in [0.15, 0.2) is 0 Å². The molecule has 0 aliphatic rings. The normalized spacial score (nSPS) is 11.0. The fraction of sp³-hybridized carbons (Fsp3) is 0.462. The molecule has 0 saturated heterocycles. The predicted octanol–water partition coefficient (Wildman–Crippen LogP) is 1.03. The van der Waals surface area contributed by atoms with Gasteiger partial charge in [0.05, 0.1) is 24.2 Å². The highest BCUT2D eigenvalue weighted by atomic mass is 16.2. The van der Waals surface area contributed by atoms with Crippen molar-refractivity contribution in [3.63, 3.8) is 0 Å². The minimum Gasteiger partial charge on any atom is -0.365 e. The molecule has 114 valence electrons. The van der Waals surface area contributed by atoms with Gasteiger partial charge in [-0.05, 0) is 6.92 Å². The van der Waals surface area contributed by atoms with Crippen LogP contribution in [0.25, 0.3) is 0 Å². The van der Waals surface area contributed by atoms with Crippen LogP contribution >= 0.6 is 0 Å². The van der Waals surface area contributed by atoms with Gasteiger partial charge in [0.1, 0.15) is 11.4 Å². The Morgan fingerprint density at radius 1 is 1.38 bits per heavy atom. The Kier molecular flexibility index (Phi) is 4.62. The average molecular weight is 292 g/mol. The topological polar surface area (TPSA) is 138 Å². The molecule has 0 atom stereocenters. The number of hydrogen-bond donors (Lipinski definition) is 4. The molecule has 1 heterocycles. The Bertz CT molecular complexity index is 609. The first kappa shape index (κ1) is 16.5. The number of rotatable bonds is 5. The van der Waals surface area contributed by atoms with Crippen LogP contribution < -0.4 is 11.1 Å². The number of hydrogen-bond acceptors (Lipinski definition) is 5. The number of carbonyl (C=O) groups excluding carboxylic acids is 2. The molecule has 0 radical (unpaired) electrons. The second kappa shape index (κ2) is 5.86. The molecule has 0 saturated carbocycles. The second-order valence-electron chi connectivity index (χ2n) is 5.74. The smallest absolute Gasteiger partial charge is 0.254 e. The second-order valence-corrected chi connectivity index (χ2v) is 5.74. The molecular weight excluding hydrogens is 272 g/mol. The number of amides is 2. The number of nitrogens with two attached hydrogens (primary N) is 1. The molecule has 0 aromatic carbocycles. The van der Waals surface area contributed by atoms with Gasteiger partial charge in [0.25, 0.3) is 5.91 Å². The summed E-state index contributed by atoms with van der Waals surface area (Å²) in [6.07, 6.45) is 1.24. The van der Waals surface area contributed by atoms with Crippen LogP contribution in [0, 0.1) is 16.2 Å². The lowest BCUT2D eigenvalue weighted by molar-refractivity contribution is -0.123. The monoisotopic (exact) mass is 292 g/mol. The van der Waals surface area contributed by atoms with E-state index in [-0.39, 0.29) is 35.3 Å². The summed E-state index contributed by atoms with van der Waals surface area (Å²) in [5, 5.41) is 21.7. The number of carbonyl (C=O) groups is 2. The van der Waals surface area contributed by atoms with Gasteiger partial charge in [-0.15, -0.1) is 0 Å². The van der Waals surface area contributed by atoms with Crippen LogP contribution in [0.5, 0.6) is 0 Å². The summed E-state index contributed by atoms with van der Waals surface area (Å²) in [4.78, 5) is 23.5. The Labute approximate surface area is 122 Å².